The molecule has 0 radical (unpaired) electrons. The van der Waals surface area contributed by atoms with Crippen LogP contribution in [0.2, 0.25) is 0 Å². The summed E-state index contributed by atoms with van der Waals surface area (Å²) in [4.78, 5) is 15.1. The summed E-state index contributed by atoms with van der Waals surface area (Å²) in [6, 6.07) is 15.0. The van der Waals surface area contributed by atoms with E-state index in [9.17, 15) is 9.90 Å². The van der Waals surface area contributed by atoms with Crippen molar-refractivity contribution in [1.29, 1.82) is 0 Å². The SMILES string of the molecule is COC(=O)[C@@H](N)Cc1ccc(O/C([O-])=N/c2c[n+](-c3ccccc3)no2)cc1.Cl. The number of ether oxygens (including phenoxy) is 2. The molecule has 0 fully saturated rings. The maximum Gasteiger partial charge on any atom is 0.323 e. The molecule has 3 rings (SSSR count). The standard InChI is InChI=1S/C19H18N4O5.ClH/c1-26-18(24)16(20)11-13-7-9-15(10-8-13)27-19(25)21-17-12-23(22-28-17)14-5-3-2-4-6-14;/h2-10,12,16H,11,20H2,1H3;1H/t16-;/m0./s1. The van der Waals surface area contributed by atoms with E-state index in [0.29, 0.717) is 12.2 Å². The molecule has 3 aromatic rings. The maximum atomic E-state index is 12.0. The van der Waals surface area contributed by atoms with Gasteiger partial charge in [-0.3, -0.25) is 9.32 Å². The predicted molar refractivity (Wildman–Crippen MR) is 103 cm³/mol. The summed E-state index contributed by atoms with van der Waals surface area (Å²) in [7, 11) is 1.28. The van der Waals surface area contributed by atoms with Crippen molar-refractivity contribution in [2.24, 2.45) is 10.7 Å². The molecule has 0 aliphatic carbocycles. The average Bonchev–Trinajstić information content (AvgIpc) is 3.17. The Morgan fingerprint density at radius 1 is 1.24 bits per heavy atom. The zero-order valence-electron chi connectivity index (χ0n) is 15.4. The van der Waals surface area contributed by atoms with Crippen molar-refractivity contribution < 1.29 is 28.6 Å². The minimum atomic E-state index is -0.852. The molecule has 0 aliphatic rings. The van der Waals surface area contributed by atoms with Crippen LogP contribution >= 0.6 is 12.4 Å². The number of hydrogen-bond acceptors (Lipinski definition) is 8. The fraction of sp³-hybridized carbons (Fsp3) is 0.158. The van der Waals surface area contributed by atoms with Crippen molar-refractivity contribution >= 4 is 30.3 Å². The lowest BCUT2D eigenvalue weighted by Crippen LogP contribution is -2.33. The Hall–Kier alpha value is -3.43. The highest BCUT2D eigenvalue weighted by Crippen LogP contribution is 2.15. The lowest BCUT2D eigenvalue weighted by molar-refractivity contribution is -0.670. The van der Waals surface area contributed by atoms with Crippen LogP contribution in [0.25, 0.3) is 5.69 Å². The van der Waals surface area contributed by atoms with E-state index >= 15 is 0 Å². The maximum absolute atomic E-state index is 12.0. The highest BCUT2D eigenvalue weighted by molar-refractivity contribution is 5.85. The van der Waals surface area contributed by atoms with E-state index in [0.717, 1.165) is 11.3 Å². The van der Waals surface area contributed by atoms with E-state index in [4.69, 9.17) is 15.0 Å². The van der Waals surface area contributed by atoms with Gasteiger partial charge in [0.05, 0.1) is 7.11 Å². The van der Waals surface area contributed by atoms with Crippen LogP contribution in [0.5, 0.6) is 5.75 Å². The molecule has 152 valence electrons. The molecule has 0 amide bonds. The van der Waals surface area contributed by atoms with Crippen LogP contribution < -0.4 is 20.3 Å². The normalized spacial score (nSPS) is 12.0. The van der Waals surface area contributed by atoms with Gasteiger partial charge in [0.15, 0.2) is 6.08 Å². The van der Waals surface area contributed by atoms with Crippen LogP contribution in [-0.4, -0.2) is 30.5 Å². The van der Waals surface area contributed by atoms with Crippen molar-refractivity contribution in [3.63, 3.8) is 0 Å². The van der Waals surface area contributed by atoms with E-state index < -0.39 is 18.1 Å². The van der Waals surface area contributed by atoms with Crippen LogP contribution in [0.15, 0.2) is 70.3 Å². The molecule has 2 N–H and O–H groups in total. The first-order chi connectivity index (χ1) is 13.5. The monoisotopic (exact) mass is 418 g/mol. The van der Waals surface area contributed by atoms with Gasteiger partial charge in [0.1, 0.15) is 6.04 Å². The molecule has 0 unspecified atom stereocenters. The van der Waals surface area contributed by atoms with Crippen LogP contribution in [-0.2, 0) is 16.0 Å². The van der Waals surface area contributed by atoms with Crippen molar-refractivity contribution in [3.05, 3.63) is 66.4 Å². The van der Waals surface area contributed by atoms with E-state index in [1.54, 1.807) is 24.3 Å². The number of hydrogen-bond donors (Lipinski definition) is 1. The highest BCUT2D eigenvalue weighted by atomic mass is 35.5. The van der Waals surface area contributed by atoms with Gasteiger partial charge in [-0.2, -0.15) is 4.99 Å². The Kier molecular flexibility index (Phi) is 7.70. The molecule has 0 bridgehead atoms. The molecule has 0 aliphatic heterocycles. The number of aromatic nitrogens is 2. The van der Waals surface area contributed by atoms with Crippen molar-refractivity contribution in [3.8, 4) is 11.4 Å². The third-order valence-electron chi connectivity index (χ3n) is 3.77. The largest absolute Gasteiger partial charge is 0.566 e. The van der Waals surface area contributed by atoms with Gasteiger partial charge in [0.25, 0.3) is 6.20 Å². The fourth-order valence-corrected chi connectivity index (χ4v) is 2.39. The minimum Gasteiger partial charge on any atom is -0.566 e. The number of rotatable bonds is 6. The van der Waals surface area contributed by atoms with Crippen molar-refractivity contribution in [1.82, 2.24) is 5.27 Å². The van der Waals surface area contributed by atoms with Crippen molar-refractivity contribution in [2.75, 3.05) is 7.11 Å². The molecule has 2 aromatic carbocycles. The average molecular weight is 419 g/mol. The molecule has 29 heavy (non-hydrogen) atoms. The number of nitrogens with two attached hydrogens (primary N) is 1. The van der Waals surface area contributed by atoms with Crippen LogP contribution in [0.3, 0.4) is 0 Å². The van der Waals surface area contributed by atoms with Crippen LogP contribution in [0, 0.1) is 0 Å². The van der Waals surface area contributed by atoms with Gasteiger partial charge in [-0.1, -0.05) is 30.3 Å². The lowest BCUT2D eigenvalue weighted by Gasteiger charge is -2.14. The number of benzene rings is 2. The van der Waals surface area contributed by atoms with E-state index in [1.165, 1.54) is 18.0 Å². The summed E-state index contributed by atoms with van der Waals surface area (Å²) in [5, 5.41) is 15.7. The second-order valence-electron chi connectivity index (χ2n) is 5.78. The van der Waals surface area contributed by atoms with Gasteiger partial charge in [-0.15, -0.1) is 12.4 Å². The number of carbonyl (C=O) groups excluding carboxylic acids is 1. The Balaban J connectivity index is 0.00000300. The molecular formula is C19H19ClN4O5. The summed E-state index contributed by atoms with van der Waals surface area (Å²) >= 11 is 0. The van der Waals surface area contributed by atoms with Gasteiger partial charge in [-0.25, -0.2) is 0 Å². The zero-order chi connectivity index (χ0) is 19.9. The number of methoxy groups -OCH3 is 1. The summed E-state index contributed by atoms with van der Waals surface area (Å²) in [6.45, 7) is 0. The number of aliphatic imine (C=N–C) groups is 1. The Bertz CT molecular complexity index is 960. The van der Waals surface area contributed by atoms with Crippen LogP contribution in [0.1, 0.15) is 5.56 Å². The second-order valence-corrected chi connectivity index (χ2v) is 5.78. The summed E-state index contributed by atoms with van der Waals surface area (Å²) in [5.74, 6) is -0.191. The first-order valence-corrected chi connectivity index (χ1v) is 8.35. The number of carbonyl (C=O) groups is 1. The first kappa shape index (κ1) is 21.9. The van der Waals surface area contributed by atoms with Gasteiger partial charge in [-0.05, 0) is 28.8 Å². The molecule has 10 heteroatoms. The quantitative estimate of drug-likeness (QED) is 0.272. The Morgan fingerprint density at radius 2 is 1.93 bits per heavy atom. The minimum absolute atomic E-state index is 0. The topological polar surface area (TPSA) is 127 Å². The number of nitrogens with zero attached hydrogens (tertiary/aromatic N) is 3. The molecular weight excluding hydrogens is 400 g/mol. The Morgan fingerprint density at radius 3 is 2.59 bits per heavy atom. The third-order valence-corrected chi connectivity index (χ3v) is 3.77. The molecule has 1 heterocycles. The van der Waals surface area contributed by atoms with Gasteiger partial charge in [0.2, 0.25) is 11.0 Å². The molecule has 0 saturated carbocycles. The number of para-hydroxylation sites is 1. The van der Waals surface area contributed by atoms with Gasteiger partial charge in [0, 0.05) is 17.9 Å². The molecule has 0 spiro atoms. The van der Waals surface area contributed by atoms with E-state index in [1.807, 2.05) is 30.3 Å². The number of esters is 1. The summed E-state index contributed by atoms with van der Waals surface area (Å²) in [5.41, 5.74) is 7.28. The smallest absolute Gasteiger partial charge is 0.323 e. The summed E-state index contributed by atoms with van der Waals surface area (Å²) < 4.78 is 16.2. The molecule has 1 atom stereocenters. The zero-order valence-corrected chi connectivity index (χ0v) is 16.2. The van der Waals surface area contributed by atoms with E-state index in [2.05, 4.69) is 15.0 Å². The lowest BCUT2D eigenvalue weighted by atomic mass is 10.1. The second kappa shape index (κ2) is 10.2. The van der Waals surface area contributed by atoms with Gasteiger partial charge < -0.3 is 20.3 Å². The predicted octanol–water partition coefficient (Wildman–Crippen LogP) is 0.843. The van der Waals surface area contributed by atoms with Gasteiger partial charge >= 0.3 is 11.9 Å². The highest BCUT2D eigenvalue weighted by Gasteiger charge is 2.14. The van der Waals surface area contributed by atoms with Crippen molar-refractivity contribution in [2.45, 2.75) is 12.5 Å². The molecule has 9 nitrogen and oxygen atoms in total. The molecule has 0 saturated heterocycles. The Labute approximate surface area is 172 Å². The molecule has 1 aromatic heterocycles. The fourth-order valence-electron chi connectivity index (χ4n) is 2.39. The first-order valence-electron chi connectivity index (χ1n) is 8.35. The van der Waals surface area contributed by atoms with Crippen LogP contribution in [0.4, 0.5) is 5.88 Å². The van der Waals surface area contributed by atoms with E-state index in [-0.39, 0.29) is 18.3 Å². The summed E-state index contributed by atoms with van der Waals surface area (Å²) in [6.07, 6.45) is 0.923. The number of halogens is 1. The third kappa shape index (κ3) is 6.03.